The molecule has 0 bridgehead atoms. The van der Waals surface area contributed by atoms with Crippen molar-refractivity contribution in [3.05, 3.63) is 18.0 Å². The summed E-state index contributed by atoms with van der Waals surface area (Å²) in [5.41, 5.74) is 6.41. The Morgan fingerprint density at radius 1 is 1.59 bits per heavy atom. The highest BCUT2D eigenvalue weighted by Crippen LogP contribution is 2.21. The number of carboxylic acids is 1. The van der Waals surface area contributed by atoms with Crippen molar-refractivity contribution < 1.29 is 9.90 Å². The highest BCUT2D eigenvalue weighted by molar-refractivity contribution is 5.92. The van der Waals surface area contributed by atoms with E-state index in [-0.39, 0.29) is 5.69 Å². The number of carboxylic acid groups (broad SMARTS) is 1. The third-order valence-corrected chi connectivity index (χ3v) is 2.34. The zero-order valence-electron chi connectivity index (χ0n) is 9.24. The van der Waals surface area contributed by atoms with E-state index in [2.05, 4.69) is 15.4 Å². The van der Waals surface area contributed by atoms with Crippen molar-refractivity contribution in [1.29, 1.82) is 0 Å². The Morgan fingerprint density at radius 3 is 2.88 bits per heavy atom. The Labute approximate surface area is 96.6 Å². The summed E-state index contributed by atoms with van der Waals surface area (Å²) in [4.78, 5) is 11.1. The van der Waals surface area contributed by atoms with Gasteiger partial charge in [0, 0.05) is 19.8 Å². The monoisotopic (exact) mass is 236 g/mol. The van der Waals surface area contributed by atoms with Crippen molar-refractivity contribution in [3.63, 3.8) is 0 Å². The van der Waals surface area contributed by atoms with Crippen LogP contribution in [0.5, 0.6) is 0 Å². The highest BCUT2D eigenvalue weighted by atomic mass is 16.4. The molecule has 0 unspecified atom stereocenters. The Balaban J connectivity index is 2.60. The summed E-state index contributed by atoms with van der Waals surface area (Å²) in [6.45, 7) is 0.758. The molecule has 2 aromatic heterocycles. The predicted molar refractivity (Wildman–Crippen MR) is 58.2 cm³/mol. The molecule has 0 fully saturated rings. The van der Waals surface area contributed by atoms with E-state index in [0.29, 0.717) is 24.5 Å². The fraction of sp³-hybridized carbons (Fsp3) is 0.333. The van der Waals surface area contributed by atoms with Crippen LogP contribution in [0.15, 0.2) is 12.3 Å². The lowest BCUT2D eigenvalue weighted by atomic mass is 10.2. The molecule has 0 aliphatic heterocycles. The van der Waals surface area contributed by atoms with Crippen LogP contribution in [0.4, 0.5) is 0 Å². The SMILES string of the molecule is Cn1nccc1-c1c(C(=O)O)nnn1CCN. The number of nitrogens with zero attached hydrogens (tertiary/aromatic N) is 5. The van der Waals surface area contributed by atoms with Gasteiger partial charge in [0.2, 0.25) is 0 Å². The minimum Gasteiger partial charge on any atom is -0.476 e. The van der Waals surface area contributed by atoms with Gasteiger partial charge in [-0.15, -0.1) is 5.10 Å². The molecule has 17 heavy (non-hydrogen) atoms. The molecule has 2 rings (SSSR count). The first-order chi connectivity index (χ1) is 8.15. The van der Waals surface area contributed by atoms with Gasteiger partial charge in [-0.1, -0.05) is 5.21 Å². The number of hydrogen-bond donors (Lipinski definition) is 2. The topological polar surface area (TPSA) is 112 Å². The molecule has 2 aromatic rings. The molecule has 0 amide bonds. The first-order valence-corrected chi connectivity index (χ1v) is 5.00. The summed E-state index contributed by atoms with van der Waals surface area (Å²) < 4.78 is 3.04. The summed E-state index contributed by atoms with van der Waals surface area (Å²) in [5, 5.41) is 20.5. The average Bonchev–Trinajstić information content (AvgIpc) is 2.84. The zero-order valence-corrected chi connectivity index (χ0v) is 9.24. The molecule has 3 N–H and O–H groups in total. The van der Waals surface area contributed by atoms with Crippen LogP contribution in [0.1, 0.15) is 10.5 Å². The van der Waals surface area contributed by atoms with Crippen molar-refractivity contribution in [2.75, 3.05) is 6.54 Å². The van der Waals surface area contributed by atoms with E-state index in [1.165, 1.54) is 4.68 Å². The van der Waals surface area contributed by atoms with Gasteiger partial charge in [0.25, 0.3) is 0 Å². The van der Waals surface area contributed by atoms with Crippen molar-refractivity contribution in [1.82, 2.24) is 24.8 Å². The Kier molecular flexibility index (Phi) is 2.88. The first-order valence-electron chi connectivity index (χ1n) is 5.00. The minimum atomic E-state index is -1.12. The van der Waals surface area contributed by atoms with E-state index in [1.807, 2.05) is 0 Å². The van der Waals surface area contributed by atoms with Crippen LogP contribution >= 0.6 is 0 Å². The van der Waals surface area contributed by atoms with Crippen LogP contribution < -0.4 is 5.73 Å². The molecular formula is C9H12N6O2. The molecule has 2 heterocycles. The second kappa shape index (κ2) is 4.34. The van der Waals surface area contributed by atoms with Crippen molar-refractivity contribution >= 4 is 5.97 Å². The molecule has 0 aliphatic carbocycles. The van der Waals surface area contributed by atoms with E-state index < -0.39 is 5.97 Å². The van der Waals surface area contributed by atoms with Gasteiger partial charge in [-0.25, -0.2) is 9.48 Å². The fourth-order valence-electron chi connectivity index (χ4n) is 1.60. The van der Waals surface area contributed by atoms with E-state index in [0.717, 1.165) is 0 Å². The quantitative estimate of drug-likeness (QED) is 0.728. The average molecular weight is 236 g/mol. The smallest absolute Gasteiger partial charge is 0.358 e. The van der Waals surface area contributed by atoms with E-state index in [4.69, 9.17) is 10.8 Å². The van der Waals surface area contributed by atoms with Gasteiger partial charge in [-0.2, -0.15) is 5.10 Å². The lowest BCUT2D eigenvalue weighted by Crippen LogP contribution is -2.14. The Hall–Kier alpha value is -2.22. The number of aryl methyl sites for hydroxylation is 1. The molecule has 0 saturated carbocycles. The van der Waals surface area contributed by atoms with Gasteiger partial charge in [0.15, 0.2) is 5.69 Å². The maximum Gasteiger partial charge on any atom is 0.358 e. The molecule has 0 saturated heterocycles. The molecule has 90 valence electrons. The van der Waals surface area contributed by atoms with Crippen molar-refractivity contribution in [2.45, 2.75) is 6.54 Å². The lowest BCUT2D eigenvalue weighted by molar-refractivity contribution is 0.0691. The highest BCUT2D eigenvalue weighted by Gasteiger charge is 2.22. The molecular weight excluding hydrogens is 224 g/mol. The van der Waals surface area contributed by atoms with Gasteiger partial charge >= 0.3 is 5.97 Å². The predicted octanol–water partition coefficient (Wildman–Crippen LogP) is -0.664. The summed E-state index contributed by atoms with van der Waals surface area (Å²) in [6.07, 6.45) is 1.58. The number of aromatic nitrogens is 5. The van der Waals surface area contributed by atoms with Crippen LogP contribution in [0.25, 0.3) is 11.4 Å². The maximum absolute atomic E-state index is 11.1. The molecule has 0 spiro atoms. The minimum absolute atomic E-state index is 0.0953. The summed E-state index contributed by atoms with van der Waals surface area (Å²) in [7, 11) is 1.72. The van der Waals surface area contributed by atoms with Crippen LogP contribution in [0.3, 0.4) is 0 Å². The molecule has 0 aromatic carbocycles. The van der Waals surface area contributed by atoms with Gasteiger partial charge < -0.3 is 10.8 Å². The largest absolute Gasteiger partial charge is 0.476 e. The fourth-order valence-corrected chi connectivity index (χ4v) is 1.60. The first kappa shape index (κ1) is 11.3. The molecule has 8 nitrogen and oxygen atoms in total. The number of rotatable bonds is 4. The number of aromatic carboxylic acids is 1. The maximum atomic E-state index is 11.1. The zero-order chi connectivity index (χ0) is 12.4. The van der Waals surface area contributed by atoms with Gasteiger partial charge in [-0.3, -0.25) is 4.68 Å². The number of nitrogens with two attached hydrogens (primary N) is 1. The van der Waals surface area contributed by atoms with Crippen LogP contribution in [0, 0.1) is 0 Å². The van der Waals surface area contributed by atoms with Gasteiger partial charge in [0.1, 0.15) is 5.69 Å². The molecule has 0 radical (unpaired) electrons. The van der Waals surface area contributed by atoms with E-state index >= 15 is 0 Å². The van der Waals surface area contributed by atoms with Crippen LogP contribution in [-0.2, 0) is 13.6 Å². The van der Waals surface area contributed by atoms with Crippen molar-refractivity contribution in [2.24, 2.45) is 12.8 Å². The third-order valence-electron chi connectivity index (χ3n) is 2.34. The second-order valence-corrected chi connectivity index (χ2v) is 3.44. The lowest BCUT2D eigenvalue weighted by Gasteiger charge is -2.05. The van der Waals surface area contributed by atoms with Crippen molar-refractivity contribution in [3.8, 4) is 11.4 Å². The molecule has 0 atom stereocenters. The normalized spacial score (nSPS) is 10.7. The summed E-state index contributed by atoms with van der Waals surface area (Å²) in [6, 6.07) is 1.71. The number of hydrogen-bond acceptors (Lipinski definition) is 5. The van der Waals surface area contributed by atoms with E-state index in [9.17, 15) is 4.79 Å². The summed E-state index contributed by atoms with van der Waals surface area (Å²) in [5.74, 6) is -1.12. The molecule has 8 heteroatoms. The van der Waals surface area contributed by atoms with E-state index in [1.54, 1.807) is 24.0 Å². The number of carbonyl (C=O) groups is 1. The van der Waals surface area contributed by atoms with Gasteiger partial charge in [0.05, 0.1) is 12.2 Å². The Bertz CT molecular complexity index is 543. The second-order valence-electron chi connectivity index (χ2n) is 3.44. The van der Waals surface area contributed by atoms with Gasteiger partial charge in [-0.05, 0) is 6.07 Å². The standard InChI is InChI=1S/C9H12N6O2/c1-14-6(2-4-11-14)8-7(9(16)17)12-13-15(8)5-3-10/h2,4H,3,5,10H2,1H3,(H,16,17). The van der Waals surface area contributed by atoms with Crippen LogP contribution in [0.2, 0.25) is 0 Å². The summed E-state index contributed by atoms with van der Waals surface area (Å²) >= 11 is 0. The molecule has 0 aliphatic rings. The Morgan fingerprint density at radius 2 is 2.35 bits per heavy atom. The van der Waals surface area contributed by atoms with Crippen LogP contribution in [-0.4, -0.2) is 42.4 Å². The third kappa shape index (κ3) is 1.89.